The predicted octanol–water partition coefficient (Wildman–Crippen LogP) is 2.31. The van der Waals surface area contributed by atoms with Gasteiger partial charge in [-0.05, 0) is 37.7 Å². The number of nitrogens with one attached hydrogen (secondary N) is 2. The summed E-state index contributed by atoms with van der Waals surface area (Å²) in [6.07, 6.45) is -2.60. The Labute approximate surface area is 167 Å². The number of carbonyl (C=O) groups is 3. The minimum absolute atomic E-state index is 0.0271. The van der Waals surface area contributed by atoms with Crippen molar-refractivity contribution in [1.82, 2.24) is 10.6 Å². The Hall–Kier alpha value is -2.42. The average molecular weight is 414 g/mol. The lowest BCUT2D eigenvalue weighted by Gasteiger charge is -2.26. The standard InChI is InChI=1S/C20H25F3N2O4/c21-20(22,23)19(28)24-12-5-4-8-15-17(26)11-13-29-18(27)16(25-15)10-9-14-6-2-1-3-7-14/h1-3,6-7,15-16,25H,4-5,8-13H2,(H,24,28)/t15-,16-/m0/s1. The fourth-order valence-corrected chi connectivity index (χ4v) is 3.11. The van der Waals surface area contributed by atoms with Gasteiger partial charge in [-0.25, -0.2) is 0 Å². The first kappa shape index (κ1) is 22.9. The Morgan fingerprint density at radius 1 is 1.10 bits per heavy atom. The van der Waals surface area contributed by atoms with E-state index < -0.39 is 30.1 Å². The summed E-state index contributed by atoms with van der Waals surface area (Å²) in [7, 11) is 0. The Morgan fingerprint density at radius 2 is 1.83 bits per heavy atom. The van der Waals surface area contributed by atoms with E-state index in [1.807, 2.05) is 30.3 Å². The maximum absolute atomic E-state index is 12.3. The van der Waals surface area contributed by atoms with Crippen LogP contribution in [0, 0.1) is 0 Å². The molecule has 1 aliphatic heterocycles. The third kappa shape index (κ3) is 7.84. The second kappa shape index (κ2) is 10.9. The van der Waals surface area contributed by atoms with Crippen LogP contribution in [0.3, 0.4) is 0 Å². The predicted molar refractivity (Wildman–Crippen MR) is 99.0 cm³/mol. The van der Waals surface area contributed by atoms with Crippen molar-refractivity contribution in [2.75, 3.05) is 13.2 Å². The molecular formula is C20H25F3N2O4. The quantitative estimate of drug-likeness (QED) is 0.504. The highest BCUT2D eigenvalue weighted by Crippen LogP contribution is 2.15. The van der Waals surface area contributed by atoms with Crippen LogP contribution in [0.4, 0.5) is 13.2 Å². The van der Waals surface area contributed by atoms with Gasteiger partial charge in [0.25, 0.3) is 0 Å². The molecule has 1 amide bonds. The highest BCUT2D eigenvalue weighted by Gasteiger charge is 2.38. The number of amides is 1. The number of halogens is 3. The molecule has 0 bridgehead atoms. The Balaban J connectivity index is 1.83. The first-order chi connectivity index (χ1) is 13.8. The largest absolute Gasteiger partial charge is 0.471 e. The molecule has 1 saturated heterocycles. The van der Waals surface area contributed by atoms with Crippen molar-refractivity contribution in [2.24, 2.45) is 0 Å². The number of aryl methyl sites for hydroxylation is 1. The average Bonchev–Trinajstić information content (AvgIpc) is 2.68. The summed E-state index contributed by atoms with van der Waals surface area (Å²) >= 11 is 0. The van der Waals surface area contributed by atoms with E-state index in [1.54, 1.807) is 5.32 Å². The highest BCUT2D eigenvalue weighted by atomic mass is 19.4. The monoisotopic (exact) mass is 414 g/mol. The van der Waals surface area contributed by atoms with E-state index >= 15 is 0 Å². The molecule has 0 spiro atoms. The van der Waals surface area contributed by atoms with Crippen LogP contribution in [0.1, 0.15) is 37.7 Å². The van der Waals surface area contributed by atoms with Crippen molar-refractivity contribution in [3.05, 3.63) is 35.9 Å². The SMILES string of the molecule is O=C1CCOC(=O)[C@H](CCc2ccccc2)N[C@H]1CCCCNC(=O)C(F)(F)F. The van der Waals surface area contributed by atoms with E-state index in [9.17, 15) is 27.6 Å². The van der Waals surface area contributed by atoms with E-state index in [0.717, 1.165) is 5.56 Å². The lowest BCUT2D eigenvalue weighted by Crippen LogP contribution is -2.50. The smallest absolute Gasteiger partial charge is 0.464 e. The van der Waals surface area contributed by atoms with E-state index in [2.05, 4.69) is 5.32 Å². The molecule has 1 aliphatic rings. The molecular weight excluding hydrogens is 389 g/mol. The second-order valence-corrected chi connectivity index (χ2v) is 6.93. The summed E-state index contributed by atoms with van der Waals surface area (Å²) < 4.78 is 41.6. The molecule has 0 radical (unpaired) electrons. The van der Waals surface area contributed by atoms with E-state index in [4.69, 9.17) is 4.74 Å². The fraction of sp³-hybridized carbons (Fsp3) is 0.550. The summed E-state index contributed by atoms with van der Waals surface area (Å²) in [5.41, 5.74) is 1.06. The number of ether oxygens (including phenoxy) is 1. The number of benzene rings is 1. The summed E-state index contributed by atoms with van der Waals surface area (Å²) in [6.45, 7) is -0.0992. The number of unbranched alkanes of at least 4 members (excludes halogenated alkanes) is 1. The maximum atomic E-state index is 12.3. The van der Waals surface area contributed by atoms with E-state index in [0.29, 0.717) is 32.1 Å². The van der Waals surface area contributed by atoms with Gasteiger partial charge in [0.15, 0.2) is 5.78 Å². The van der Waals surface area contributed by atoms with Gasteiger partial charge in [0.05, 0.1) is 12.6 Å². The van der Waals surface area contributed by atoms with Gasteiger partial charge in [0.1, 0.15) is 6.04 Å². The number of rotatable bonds is 8. The first-order valence-electron chi connectivity index (χ1n) is 9.61. The van der Waals surface area contributed by atoms with Gasteiger partial charge in [-0.15, -0.1) is 0 Å². The van der Waals surface area contributed by atoms with Crippen LogP contribution in [0.2, 0.25) is 0 Å². The molecule has 1 aromatic carbocycles. The van der Waals surface area contributed by atoms with Gasteiger partial charge < -0.3 is 10.1 Å². The van der Waals surface area contributed by atoms with Crippen LogP contribution in [-0.2, 0) is 25.5 Å². The molecule has 2 rings (SSSR count). The number of esters is 1. The first-order valence-corrected chi connectivity index (χ1v) is 9.61. The molecule has 1 fully saturated rings. The maximum Gasteiger partial charge on any atom is 0.471 e. The topological polar surface area (TPSA) is 84.5 Å². The molecule has 29 heavy (non-hydrogen) atoms. The normalized spacial score (nSPS) is 20.5. The van der Waals surface area contributed by atoms with Crippen LogP contribution < -0.4 is 10.6 Å². The van der Waals surface area contributed by atoms with Crippen molar-refractivity contribution in [1.29, 1.82) is 0 Å². The molecule has 0 aliphatic carbocycles. The lowest BCUT2D eigenvalue weighted by molar-refractivity contribution is -0.173. The van der Waals surface area contributed by atoms with Gasteiger partial charge in [-0.1, -0.05) is 30.3 Å². The fourth-order valence-electron chi connectivity index (χ4n) is 3.11. The van der Waals surface area contributed by atoms with Crippen molar-refractivity contribution in [2.45, 2.75) is 56.8 Å². The van der Waals surface area contributed by atoms with E-state index in [1.165, 1.54) is 0 Å². The molecule has 0 unspecified atom stereocenters. The Morgan fingerprint density at radius 3 is 2.52 bits per heavy atom. The summed E-state index contributed by atoms with van der Waals surface area (Å²) in [4.78, 5) is 35.3. The molecule has 9 heteroatoms. The van der Waals surface area contributed by atoms with Crippen molar-refractivity contribution >= 4 is 17.7 Å². The number of hydrogen-bond acceptors (Lipinski definition) is 5. The van der Waals surface area contributed by atoms with Crippen LogP contribution >= 0.6 is 0 Å². The molecule has 6 nitrogen and oxygen atoms in total. The minimum Gasteiger partial charge on any atom is -0.464 e. The Kier molecular flexibility index (Phi) is 8.63. The zero-order valence-electron chi connectivity index (χ0n) is 16.0. The molecule has 2 atom stereocenters. The van der Waals surface area contributed by atoms with Crippen molar-refractivity contribution < 1.29 is 32.3 Å². The van der Waals surface area contributed by atoms with Gasteiger partial charge in [0.2, 0.25) is 0 Å². The molecule has 0 saturated carbocycles. The lowest BCUT2D eigenvalue weighted by atomic mass is 9.98. The number of ketones is 1. The van der Waals surface area contributed by atoms with Crippen molar-refractivity contribution in [3.8, 4) is 0 Å². The molecule has 0 aromatic heterocycles. The molecule has 1 aromatic rings. The zero-order chi connectivity index (χ0) is 21.3. The molecule has 2 N–H and O–H groups in total. The van der Waals surface area contributed by atoms with Gasteiger partial charge in [-0.2, -0.15) is 13.2 Å². The van der Waals surface area contributed by atoms with Crippen LogP contribution in [0.25, 0.3) is 0 Å². The van der Waals surface area contributed by atoms with Crippen LogP contribution in [-0.4, -0.2) is 49.1 Å². The number of Topliss-reactive ketones (excluding diaryl/α,β-unsaturated/α-hetero) is 1. The minimum atomic E-state index is -4.90. The Bertz CT molecular complexity index is 695. The zero-order valence-corrected chi connectivity index (χ0v) is 16.0. The number of cyclic esters (lactones) is 1. The summed E-state index contributed by atoms with van der Waals surface area (Å²) in [5, 5.41) is 4.86. The summed E-state index contributed by atoms with van der Waals surface area (Å²) in [6, 6.07) is 8.42. The van der Waals surface area contributed by atoms with Crippen LogP contribution in [0.15, 0.2) is 30.3 Å². The third-order valence-corrected chi connectivity index (χ3v) is 4.70. The van der Waals surface area contributed by atoms with E-state index in [-0.39, 0.29) is 25.4 Å². The summed E-state index contributed by atoms with van der Waals surface area (Å²) in [5.74, 6) is -2.47. The number of carbonyl (C=O) groups excluding carboxylic acids is 3. The third-order valence-electron chi connectivity index (χ3n) is 4.70. The number of alkyl halides is 3. The molecule has 1 heterocycles. The van der Waals surface area contributed by atoms with Gasteiger partial charge in [-0.3, -0.25) is 19.7 Å². The highest BCUT2D eigenvalue weighted by molar-refractivity contribution is 5.86. The van der Waals surface area contributed by atoms with Crippen LogP contribution in [0.5, 0.6) is 0 Å². The van der Waals surface area contributed by atoms with Gasteiger partial charge in [0, 0.05) is 13.0 Å². The number of hydrogen-bond donors (Lipinski definition) is 2. The van der Waals surface area contributed by atoms with Crippen molar-refractivity contribution in [3.63, 3.8) is 0 Å². The molecule has 160 valence electrons. The van der Waals surface area contributed by atoms with Gasteiger partial charge >= 0.3 is 18.1 Å². The second-order valence-electron chi connectivity index (χ2n) is 6.93.